The number of amides is 2. The van der Waals surface area contributed by atoms with Gasteiger partial charge in [0.25, 0.3) is 0 Å². The van der Waals surface area contributed by atoms with Crippen molar-refractivity contribution >= 4 is 29.2 Å². The molecule has 2 saturated carbocycles. The zero-order valence-electron chi connectivity index (χ0n) is 14.9. The summed E-state index contributed by atoms with van der Waals surface area (Å²) in [7, 11) is 0. The Morgan fingerprint density at radius 3 is 2.55 bits per heavy atom. The summed E-state index contributed by atoms with van der Waals surface area (Å²) in [5.41, 5.74) is -0.980. The van der Waals surface area contributed by atoms with Crippen molar-refractivity contribution in [1.82, 2.24) is 9.88 Å². The van der Waals surface area contributed by atoms with Crippen LogP contribution >= 0.6 is 11.6 Å². The zero-order valence-corrected chi connectivity index (χ0v) is 15.6. The zero-order chi connectivity index (χ0) is 21.1. The van der Waals surface area contributed by atoms with Crippen LogP contribution in [0.15, 0.2) is 12.3 Å². The molecule has 1 saturated heterocycles. The molecule has 29 heavy (non-hydrogen) atoms. The van der Waals surface area contributed by atoms with E-state index < -0.39 is 41.5 Å². The molecule has 154 valence electrons. The number of carbonyl (C=O) groups excluding carboxylic acids is 2. The van der Waals surface area contributed by atoms with E-state index in [2.05, 4.69) is 10.3 Å². The summed E-state index contributed by atoms with van der Waals surface area (Å²) in [6.07, 6.45) is -4.34. The van der Waals surface area contributed by atoms with Gasteiger partial charge in [-0.15, -0.1) is 0 Å². The van der Waals surface area contributed by atoms with E-state index in [9.17, 15) is 33.1 Å². The van der Waals surface area contributed by atoms with Crippen LogP contribution in [-0.4, -0.2) is 46.0 Å². The number of nitrogens with zero attached hydrogens (tertiary/aromatic N) is 3. The van der Waals surface area contributed by atoms with Crippen molar-refractivity contribution in [3.63, 3.8) is 0 Å². The molecule has 4 rings (SSSR count). The lowest BCUT2D eigenvalue weighted by Gasteiger charge is -2.28. The summed E-state index contributed by atoms with van der Waals surface area (Å²) in [6, 6.07) is 2.79. The molecule has 2 N–H and O–H groups in total. The van der Waals surface area contributed by atoms with Crippen LogP contribution in [0.1, 0.15) is 12.0 Å². The molecule has 0 unspecified atom stereocenters. The number of alkyl halides is 3. The number of likely N-dealkylation sites (tertiary alicyclic amines) is 1. The largest absolute Gasteiger partial charge is 0.417 e. The highest BCUT2D eigenvalue weighted by atomic mass is 35.5. The van der Waals surface area contributed by atoms with Crippen LogP contribution in [0.3, 0.4) is 0 Å². The molecule has 1 aliphatic heterocycles. The van der Waals surface area contributed by atoms with Crippen LogP contribution in [0.4, 0.5) is 19.0 Å². The van der Waals surface area contributed by atoms with Crippen molar-refractivity contribution in [3.05, 3.63) is 22.8 Å². The number of hydrogen-bond donors (Lipinski definition) is 2. The maximum absolute atomic E-state index is 12.7. The van der Waals surface area contributed by atoms with Crippen molar-refractivity contribution < 1.29 is 27.9 Å². The normalized spacial score (nSPS) is 33.2. The second kappa shape index (κ2) is 6.85. The Labute approximate surface area is 168 Å². The third kappa shape index (κ3) is 3.04. The van der Waals surface area contributed by atoms with Crippen LogP contribution < -0.4 is 5.32 Å². The summed E-state index contributed by atoms with van der Waals surface area (Å²) < 4.78 is 38.0. The first-order chi connectivity index (χ1) is 13.6. The topological polar surface area (TPSA) is 106 Å². The van der Waals surface area contributed by atoms with E-state index in [0.717, 1.165) is 11.0 Å². The van der Waals surface area contributed by atoms with Gasteiger partial charge in [-0.05, 0) is 24.3 Å². The van der Waals surface area contributed by atoms with E-state index in [4.69, 9.17) is 11.6 Å². The highest BCUT2D eigenvalue weighted by Crippen LogP contribution is 2.58. The number of imide groups is 1. The monoisotopic (exact) mass is 428 g/mol. The van der Waals surface area contributed by atoms with E-state index in [1.54, 1.807) is 0 Å². The minimum absolute atomic E-state index is 0.0130. The van der Waals surface area contributed by atoms with E-state index in [1.807, 2.05) is 6.07 Å². The van der Waals surface area contributed by atoms with Gasteiger partial charge in [0.2, 0.25) is 11.8 Å². The Balaban J connectivity index is 1.41. The molecule has 2 heterocycles. The van der Waals surface area contributed by atoms with Gasteiger partial charge >= 0.3 is 6.18 Å². The molecule has 3 fully saturated rings. The number of pyridine rings is 1. The lowest BCUT2D eigenvalue weighted by atomic mass is 9.74. The highest BCUT2D eigenvalue weighted by Gasteiger charge is 2.67. The molecular formula is C18H16ClF3N4O3. The second-order valence-corrected chi connectivity index (χ2v) is 7.97. The third-order valence-electron chi connectivity index (χ3n) is 6.17. The van der Waals surface area contributed by atoms with Gasteiger partial charge < -0.3 is 10.4 Å². The maximum atomic E-state index is 12.7. The van der Waals surface area contributed by atoms with E-state index in [-0.39, 0.29) is 41.7 Å². The van der Waals surface area contributed by atoms with Crippen molar-refractivity contribution in [3.8, 4) is 6.07 Å². The third-order valence-corrected chi connectivity index (χ3v) is 6.46. The Kier molecular flexibility index (Phi) is 4.70. The second-order valence-electron chi connectivity index (χ2n) is 7.57. The number of carbonyl (C=O) groups is 2. The predicted octanol–water partition coefficient (Wildman–Crippen LogP) is 1.92. The number of aliphatic hydroxyl groups is 1. The van der Waals surface area contributed by atoms with Gasteiger partial charge in [-0.25, -0.2) is 4.98 Å². The molecule has 2 bridgehead atoms. The quantitative estimate of drug-likeness (QED) is 0.710. The molecule has 3 aliphatic rings. The lowest BCUT2D eigenvalue weighted by molar-refractivity contribution is -0.141. The van der Waals surface area contributed by atoms with Crippen LogP contribution in [0.25, 0.3) is 0 Å². The molecule has 11 heteroatoms. The summed E-state index contributed by atoms with van der Waals surface area (Å²) in [5, 5.41) is 22.0. The molecule has 1 aromatic rings. The number of aromatic nitrogens is 1. The molecule has 0 aromatic carbocycles. The Hall–Kier alpha value is -2.38. The number of fused-ring (bicyclic) bond motifs is 5. The maximum Gasteiger partial charge on any atom is 0.417 e. The lowest BCUT2D eigenvalue weighted by Crippen LogP contribution is -2.39. The van der Waals surface area contributed by atoms with Crippen LogP contribution in [0.5, 0.6) is 0 Å². The van der Waals surface area contributed by atoms with Gasteiger partial charge in [-0.3, -0.25) is 14.5 Å². The van der Waals surface area contributed by atoms with Gasteiger partial charge in [0.15, 0.2) is 0 Å². The SMILES string of the molecule is N#C[C@H]1[C@H](O)[C@@H]2C[C@@H]1[C@@H]1C(=O)N(CCNc3ncc(C(F)(F)F)cc3Cl)C(=O)[C@@H]21. The molecule has 1 aromatic heterocycles. The van der Waals surface area contributed by atoms with Crippen molar-refractivity contribution in [1.29, 1.82) is 5.26 Å². The minimum Gasteiger partial charge on any atom is -0.391 e. The van der Waals surface area contributed by atoms with Gasteiger partial charge in [-0.2, -0.15) is 18.4 Å². The molecule has 0 radical (unpaired) electrons. The summed E-state index contributed by atoms with van der Waals surface area (Å²) >= 11 is 5.83. The molecule has 0 spiro atoms. The average Bonchev–Trinajstić information content (AvgIpc) is 3.26. The van der Waals surface area contributed by atoms with Gasteiger partial charge in [0.1, 0.15) is 5.82 Å². The summed E-state index contributed by atoms with van der Waals surface area (Å²) in [6.45, 7) is 0.0328. The standard InChI is InChI=1S/C18H16ClF3N4O3/c19-11-3-7(18(20,21)22)6-25-15(11)24-1-2-26-16(28)12-8-4-9(13(12)17(26)29)14(27)10(8)5-23/h3,6,8-10,12-14,27H,1-2,4H2,(H,24,25)/t8-,9+,10+,12-,13-,14+/m0/s1. The summed E-state index contributed by atoms with van der Waals surface area (Å²) in [4.78, 5) is 30.2. The van der Waals surface area contributed by atoms with E-state index in [1.165, 1.54) is 0 Å². The number of hydrogen-bond acceptors (Lipinski definition) is 6. The van der Waals surface area contributed by atoms with Crippen LogP contribution in [-0.2, 0) is 15.8 Å². The first kappa shape index (κ1) is 19.9. The van der Waals surface area contributed by atoms with Gasteiger partial charge in [0.05, 0.1) is 40.5 Å². The fourth-order valence-corrected chi connectivity index (χ4v) is 5.16. The molecule has 2 amide bonds. The molecule has 7 nitrogen and oxygen atoms in total. The number of aliphatic hydroxyl groups excluding tert-OH is 1. The Bertz CT molecular complexity index is 919. The number of nitriles is 1. The number of rotatable bonds is 4. The predicted molar refractivity (Wildman–Crippen MR) is 93.1 cm³/mol. The summed E-state index contributed by atoms with van der Waals surface area (Å²) in [5.74, 6) is -3.30. The molecular weight excluding hydrogens is 413 g/mol. The Morgan fingerprint density at radius 1 is 1.31 bits per heavy atom. The first-order valence-corrected chi connectivity index (χ1v) is 9.42. The number of halogens is 4. The Morgan fingerprint density at radius 2 is 1.97 bits per heavy atom. The van der Waals surface area contributed by atoms with Crippen LogP contribution in [0.2, 0.25) is 5.02 Å². The van der Waals surface area contributed by atoms with Crippen molar-refractivity contribution in [2.45, 2.75) is 18.7 Å². The molecule has 2 aliphatic carbocycles. The molecule has 6 atom stereocenters. The van der Waals surface area contributed by atoms with Crippen LogP contribution in [0, 0.1) is 40.9 Å². The van der Waals surface area contributed by atoms with E-state index in [0.29, 0.717) is 12.6 Å². The van der Waals surface area contributed by atoms with Gasteiger partial charge in [-0.1, -0.05) is 11.6 Å². The fraction of sp³-hybridized carbons (Fsp3) is 0.556. The van der Waals surface area contributed by atoms with E-state index >= 15 is 0 Å². The minimum atomic E-state index is -4.56. The smallest absolute Gasteiger partial charge is 0.391 e. The number of nitrogens with one attached hydrogen (secondary N) is 1. The fourth-order valence-electron chi connectivity index (χ4n) is 4.93. The number of anilines is 1. The van der Waals surface area contributed by atoms with Crippen molar-refractivity contribution in [2.24, 2.45) is 29.6 Å². The highest BCUT2D eigenvalue weighted by molar-refractivity contribution is 6.33. The van der Waals surface area contributed by atoms with Crippen molar-refractivity contribution in [2.75, 3.05) is 18.4 Å². The van der Waals surface area contributed by atoms with Gasteiger partial charge in [0, 0.05) is 19.3 Å². The average molecular weight is 429 g/mol. The first-order valence-electron chi connectivity index (χ1n) is 9.04.